The third-order valence-corrected chi connectivity index (χ3v) is 10.7. The molecule has 1 aromatic heterocycles. The van der Waals surface area contributed by atoms with E-state index < -0.39 is 17.7 Å². The van der Waals surface area contributed by atoms with Crippen LogP contribution < -0.4 is 14.8 Å². The summed E-state index contributed by atoms with van der Waals surface area (Å²) in [6.45, 7) is 22.2. The molecule has 1 aliphatic rings. The lowest BCUT2D eigenvalue weighted by Crippen LogP contribution is -2.31. The maximum atomic E-state index is 13.8. The van der Waals surface area contributed by atoms with E-state index in [1.807, 2.05) is 46.8 Å². The van der Waals surface area contributed by atoms with Crippen molar-refractivity contribution >= 4 is 27.5 Å². The molecule has 8 heteroatoms. The van der Waals surface area contributed by atoms with E-state index in [0.717, 1.165) is 109 Å². The van der Waals surface area contributed by atoms with Crippen molar-refractivity contribution in [2.45, 2.75) is 85.0 Å². The van der Waals surface area contributed by atoms with E-state index in [4.69, 9.17) is 23.9 Å². The van der Waals surface area contributed by atoms with Crippen LogP contribution in [-0.2, 0) is 20.7 Å². The van der Waals surface area contributed by atoms with Crippen molar-refractivity contribution in [3.8, 4) is 44.3 Å². The Bertz CT molecular complexity index is 2160. The Balaban J connectivity index is 1.47. The molecule has 6 rings (SSSR count). The Morgan fingerprint density at radius 1 is 1.02 bits per heavy atom. The van der Waals surface area contributed by atoms with Crippen LogP contribution in [0.5, 0.6) is 11.5 Å². The van der Waals surface area contributed by atoms with E-state index in [1.165, 1.54) is 0 Å². The van der Waals surface area contributed by atoms with E-state index in [-0.39, 0.29) is 12.7 Å². The molecule has 5 aromatic rings. The summed E-state index contributed by atoms with van der Waals surface area (Å²) in [4.78, 5) is 19.0. The molecule has 0 spiro atoms. The first-order chi connectivity index (χ1) is 26.5. The number of carbonyl (C=O) groups excluding carboxylic acids is 1. The van der Waals surface area contributed by atoms with Crippen LogP contribution in [0.2, 0.25) is 0 Å². The van der Waals surface area contributed by atoms with Crippen molar-refractivity contribution in [1.82, 2.24) is 10.3 Å². The lowest BCUT2D eigenvalue weighted by Gasteiger charge is -2.29. The number of hydrogen-bond donors (Lipinski definition) is 1. The van der Waals surface area contributed by atoms with E-state index in [0.29, 0.717) is 13.2 Å². The molecule has 1 N–H and O–H groups in total. The highest BCUT2D eigenvalue weighted by Crippen LogP contribution is 2.46. The van der Waals surface area contributed by atoms with Crippen LogP contribution >= 0.6 is 11.3 Å². The van der Waals surface area contributed by atoms with Gasteiger partial charge in [0.1, 0.15) is 22.6 Å². The predicted octanol–water partition coefficient (Wildman–Crippen LogP) is 11.1. The summed E-state index contributed by atoms with van der Waals surface area (Å²) >= 11 is 1.63. The molecule has 4 aromatic carbocycles. The number of aromatic nitrogens is 1. The summed E-state index contributed by atoms with van der Waals surface area (Å²) in [5.41, 5.74) is 9.28. The molecule has 0 aliphatic carbocycles. The van der Waals surface area contributed by atoms with Gasteiger partial charge in [-0.15, -0.1) is 24.5 Å². The second-order valence-electron chi connectivity index (χ2n) is 15.1. The van der Waals surface area contributed by atoms with Crippen LogP contribution in [0.3, 0.4) is 0 Å². The van der Waals surface area contributed by atoms with Gasteiger partial charge in [0.05, 0.1) is 29.0 Å². The molecule has 0 amide bonds. The number of aryl methyl sites for hydroxylation is 3. The van der Waals surface area contributed by atoms with E-state index >= 15 is 0 Å². The second kappa shape index (κ2) is 17.8. The fraction of sp³-hybridized carbons (Fsp3) is 0.362. The van der Waals surface area contributed by atoms with E-state index in [9.17, 15) is 4.79 Å². The summed E-state index contributed by atoms with van der Waals surface area (Å²) < 4.78 is 25.8. The number of ether oxygens (including phenoxy) is 4. The normalized spacial score (nSPS) is 13.8. The number of nitrogens with zero attached hydrogens (tertiary/aromatic N) is 1. The largest absolute Gasteiger partial charge is 0.493 e. The molecule has 0 fully saturated rings. The minimum atomic E-state index is -0.928. The summed E-state index contributed by atoms with van der Waals surface area (Å²) in [6, 6.07) is 23.3. The zero-order valence-corrected chi connectivity index (χ0v) is 33.9. The molecular formula is C47H54N2O5S. The average Bonchev–Trinajstić information content (AvgIpc) is 3.59. The van der Waals surface area contributed by atoms with Crippen LogP contribution in [0.15, 0.2) is 92.0 Å². The van der Waals surface area contributed by atoms with Crippen molar-refractivity contribution in [3.63, 3.8) is 0 Å². The SMILES string of the molecule is C=CCCNCC(CC=C)Oc1ccc(C)cc1-c1cccc(-c2nc3cc(C)c(C(OC(C)(C)C)C(=O)OCC)c(-c4ccc5c(c4)CCCO5)c3s2)c1. The summed E-state index contributed by atoms with van der Waals surface area (Å²) in [5.74, 6) is 1.33. The Morgan fingerprint density at radius 3 is 2.60 bits per heavy atom. The molecule has 2 atom stereocenters. The zero-order valence-electron chi connectivity index (χ0n) is 33.1. The third kappa shape index (κ3) is 9.55. The molecule has 0 saturated carbocycles. The molecule has 2 heterocycles. The highest BCUT2D eigenvalue weighted by atomic mass is 32.1. The molecule has 0 radical (unpaired) electrons. The highest BCUT2D eigenvalue weighted by molar-refractivity contribution is 7.22. The molecule has 55 heavy (non-hydrogen) atoms. The van der Waals surface area contributed by atoms with Gasteiger partial charge in [0.2, 0.25) is 0 Å². The molecule has 1 aliphatic heterocycles. The van der Waals surface area contributed by atoms with Crippen LogP contribution in [0.4, 0.5) is 0 Å². The first kappa shape index (κ1) is 39.9. The minimum Gasteiger partial charge on any atom is -0.493 e. The van der Waals surface area contributed by atoms with Crippen molar-refractivity contribution in [2.75, 3.05) is 26.3 Å². The van der Waals surface area contributed by atoms with Crippen LogP contribution in [0.25, 0.3) is 43.0 Å². The van der Waals surface area contributed by atoms with E-state index in [2.05, 4.69) is 92.1 Å². The first-order valence-electron chi connectivity index (χ1n) is 19.3. The van der Waals surface area contributed by atoms with Gasteiger partial charge in [-0.1, -0.05) is 48.0 Å². The molecule has 2 unspecified atom stereocenters. The van der Waals surface area contributed by atoms with Gasteiger partial charge in [-0.05, 0) is 126 Å². The maximum absolute atomic E-state index is 13.8. The van der Waals surface area contributed by atoms with Gasteiger partial charge in [0.15, 0.2) is 6.10 Å². The van der Waals surface area contributed by atoms with Gasteiger partial charge < -0.3 is 24.3 Å². The number of hydrogen-bond acceptors (Lipinski definition) is 8. The number of thiazole rings is 1. The van der Waals surface area contributed by atoms with Crippen molar-refractivity contribution in [1.29, 1.82) is 0 Å². The van der Waals surface area contributed by atoms with Gasteiger partial charge in [-0.2, -0.15) is 0 Å². The molecule has 0 saturated heterocycles. The van der Waals surface area contributed by atoms with E-state index in [1.54, 1.807) is 11.3 Å². The number of nitrogens with one attached hydrogen (secondary N) is 1. The number of fused-ring (bicyclic) bond motifs is 2. The zero-order chi connectivity index (χ0) is 39.1. The van der Waals surface area contributed by atoms with Crippen LogP contribution in [0, 0.1) is 13.8 Å². The Kier molecular flexibility index (Phi) is 12.9. The molecular weight excluding hydrogens is 705 g/mol. The Labute approximate surface area is 330 Å². The highest BCUT2D eigenvalue weighted by Gasteiger charge is 2.34. The second-order valence-corrected chi connectivity index (χ2v) is 16.1. The number of rotatable bonds is 16. The topological polar surface area (TPSA) is 78.9 Å². The van der Waals surface area contributed by atoms with Gasteiger partial charge in [0.25, 0.3) is 0 Å². The monoisotopic (exact) mass is 758 g/mol. The van der Waals surface area contributed by atoms with Crippen molar-refractivity contribution < 1.29 is 23.7 Å². The van der Waals surface area contributed by atoms with Gasteiger partial charge in [0, 0.05) is 35.2 Å². The van der Waals surface area contributed by atoms with Crippen molar-refractivity contribution in [3.05, 3.63) is 114 Å². The number of esters is 1. The average molecular weight is 759 g/mol. The predicted molar refractivity (Wildman–Crippen MR) is 226 cm³/mol. The van der Waals surface area contributed by atoms with Gasteiger partial charge in [-0.3, -0.25) is 0 Å². The lowest BCUT2D eigenvalue weighted by molar-refractivity contribution is -0.166. The first-order valence-corrected chi connectivity index (χ1v) is 20.2. The quantitative estimate of drug-likeness (QED) is 0.0610. The summed E-state index contributed by atoms with van der Waals surface area (Å²) in [5, 5.41) is 4.36. The standard InChI is InChI=1S/C47H54N2O5S/c1-9-12-23-48-29-36(15-10-2)53-40-21-19-30(4)25-37(40)32-16-13-17-35(27-32)45-49-38-26-31(5)41(43(46(50)51-11-3)54-47(6,7)8)42(44(38)55-45)34-20-22-39-33(28-34)18-14-24-52-39/h9-10,13,16-17,19-22,25-28,36,43,48H,1-2,11-12,14-15,18,23-24,29H2,3-8H3. The van der Waals surface area contributed by atoms with Crippen LogP contribution in [-0.4, -0.2) is 49.0 Å². The Morgan fingerprint density at radius 2 is 1.84 bits per heavy atom. The van der Waals surface area contributed by atoms with Gasteiger partial charge in [-0.25, -0.2) is 9.78 Å². The summed E-state index contributed by atoms with van der Waals surface area (Å²) in [7, 11) is 0. The van der Waals surface area contributed by atoms with Gasteiger partial charge >= 0.3 is 5.97 Å². The molecule has 0 bridgehead atoms. The van der Waals surface area contributed by atoms with Crippen molar-refractivity contribution in [2.24, 2.45) is 0 Å². The number of benzene rings is 4. The smallest absolute Gasteiger partial charge is 0.339 e. The summed E-state index contributed by atoms with van der Waals surface area (Å²) in [6.07, 6.45) is 6.34. The van der Waals surface area contributed by atoms with Crippen LogP contribution in [0.1, 0.15) is 75.3 Å². The molecule has 7 nitrogen and oxygen atoms in total. The Hall–Kier alpha value is -4.76. The fourth-order valence-electron chi connectivity index (χ4n) is 7.07. The molecule has 288 valence electrons. The maximum Gasteiger partial charge on any atom is 0.339 e. The minimum absolute atomic E-state index is 0.0667. The lowest BCUT2D eigenvalue weighted by atomic mass is 9.89. The third-order valence-electron chi connectivity index (χ3n) is 9.54. The number of carbonyl (C=O) groups is 1. The fourth-order valence-corrected chi connectivity index (χ4v) is 8.19.